The van der Waals surface area contributed by atoms with E-state index < -0.39 is 58.1 Å². The summed E-state index contributed by atoms with van der Waals surface area (Å²) in [5.74, 6) is -2.91. The van der Waals surface area contributed by atoms with Crippen molar-refractivity contribution in [2.45, 2.75) is 25.1 Å². The summed E-state index contributed by atoms with van der Waals surface area (Å²) >= 11 is 15.2. The molecule has 2 heterocycles. The first-order valence-corrected chi connectivity index (χ1v) is 14.5. The van der Waals surface area contributed by atoms with Crippen LogP contribution in [0.3, 0.4) is 0 Å². The third-order valence-electron chi connectivity index (χ3n) is 6.55. The topological polar surface area (TPSA) is 137 Å². The second-order valence-electron chi connectivity index (χ2n) is 9.62. The summed E-state index contributed by atoms with van der Waals surface area (Å²) < 4.78 is 69.7. The van der Waals surface area contributed by atoms with Crippen molar-refractivity contribution in [3.63, 3.8) is 0 Å². The Bertz CT molecular complexity index is 1790. The maximum absolute atomic E-state index is 14.7. The molecule has 45 heavy (non-hydrogen) atoms. The summed E-state index contributed by atoms with van der Waals surface area (Å²) in [6, 6.07) is 7.19. The Kier molecular flexibility index (Phi) is 10.1. The number of nitrogens with zero attached hydrogens (tertiary/aromatic N) is 2. The molecular weight excluding hydrogens is 711 g/mol. The van der Waals surface area contributed by atoms with Crippen molar-refractivity contribution >= 4 is 61.8 Å². The number of amides is 2. The van der Waals surface area contributed by atoms with Crippen molar-refractivity contribution in [2.75, 3.05) is 20.3 Å². The molecule has 238 valence electrons. The number of methoxy groups -OCH3 is 1. The Morgan fingerprint density at radius 3 is 2.36 bits per heavy atom. The minimum absolute atomic E-state index is 0.0244. The van der Waals surface area contributed by atoms with Gasteiger partial charge >= 0.3 is 6.18 Å². The highest BCUT2D eigenvalue weighted by Crippen LogP contribution is 2.43. The molecule has 0 saturated carbocycles. The smallest absolute Gasteiger partial charge is 0.424 e. The van der Waals surface area contributed by atoms with Gasteiger partial charge in [0.05, 0.1) is 42.4 Å². The summed E-state index contributed by atoms with van der Waals surface area (Å²) in [7, 11) is 1.34. The quantitative estimate of drug-likeness (QED) is 0.132. The largest absolute Gasteiger partial charge is 0.494 e. The third kappa shape index (κ3) is 7.08. The molecule has 4 rings (SSSR count). The number of alkyl halides is 3. The normalized spacial score (nSPS) is 12.9. The van der Waals surface area contributed by atoms with Crippen LogP contribution in [-0.2, 0) is 16.8 Å². The number of benzene rings is 2. The van der Waals surface area contributed by atoms with Crippen molar-refractivity contribution < 1.29 is 41.7 Å². The van der Waals surface area contributed by atoms with Gasteiger partial charge in [0.2, 0.25) is 11.5 Å². The molecule has 0 radical (unpaired) electrons. The first kappa shape index (κ1) is 34.2. The van der Waals surface area contributed by atoms with E-state index in [9.17, 15) is 32.3 Å². The number of nitrogens with two attached hydrogens (primary N) is 1. The van der Waals surface area contributed by atoms with Crippen LogP contribution in [0.4, 0.5) is 17.6 Å². The summed E-state index contributed by atoms with van der Waals surface area (Å²) in [5, 5.41) is 12.8. The average molecular weight is 734 g/mol. The third-order valence-corrected chi connectivity index (χ3v) is 7.54. The molecule has 0 aliphatic heterocycles. The van der Waals surface area contributed by atoms with Crippen molar-refractivity contribution in [3.05, 3.63) is 79.8 Å². The van der Waals surface area contributed by atoms with Gasteiger partial charge < -0.3 is 25.6 Å². The number of pyridine rings is 2. The minimum Gasteiger partial charge on any atom is -0.494 e. The number of hydrogen-bond donors (Lipinski definition) is 3. The van der Waals surface area contributed by atoms with E-state index in [0.717, 1.165) is 18.2 Å². The van der Waals surface area contributed by atoms with Gasteiger partial charge in [0, 0.05) is 32.7 Å². The number of aromatic nitrogens is 2. The van der Waals surface area contributed by atoms with E-state index in [2.05, 4.69) is 31.2 Å². The minimum atomic E-state index is -5.42. The SMILES string of the molecule is CCOc1c(CC(N)=O)cc([C@@](O)(CNC(=O)c2cc(OC)c3ncc(Br)cc3c2)C(F)(F)F)nc1-c1cc(Cl)c(F)c(Cl)c1. The number of fused-ring (bicyclic) bond motifs is 1. The molecule has 0 saturated heterocycles. The van der Waals surface area contributed by atoms with Crippen LogP contribution in [0.5, 0.6) is 11.5 Å². The maximum Gasteiger partial charge on any atom is 0.424 e. The molecule has 0 unspecified atom stereocenters. The van der Waals surface area contributed by atoms with E-state index in [-0.39, 0.29) is 40.5 Å². The predicted molar refractivity (Wildman–Crippen MR) is 162 cm³/mol. The zero-order chi connectivity index (χ0) is 33.3. The highest BCUT2D eigenvalue weighted by Gasteiger charge is 2.56. The molecule has 4 aromatic rings. The van der Waals surface area contributed by atoms with E-state index in [4.69, 9.17) is 38.4 Å². The van der Waals surface area contributed by atoms with Gasteiger partial charge in [-0.15, -0.1) is 0 Å². The van der Waals surface area contributed by atoms with Crippen LogP contribution in [0, 0.1) is 5.82 Å². The van der Waals surface area contributed by atoms with E-state index in [1.165, 1.54) is 25.4 Å². The van der Waals surface area contributed by atoms with Gasteiger partial charge in [0.1, 0.15) is 22.7 Å². The van der Waals surface area contributed by atoms with Crippen molar-refractivity contribution in [2.24, 2.45) is 5.73 Å². The van der Waals surface area contributed by atoms with Gasteiger partial charge in [-0.3, -0.25) is 14.6 Å². The lowest BCUT2D eigenvalue weighted by Crippen LogP contribution is -2.51. The molecule has 0 fully saturated rings. The van der Waals surface area contributed by atoms with Crippen molar-refractivity contribution in [1.29, 1.82) is 0 Å². The highest BCUT2D eigenvalue weighted by molar-refractivity contribution is 9.10. The van der Waals surface area contributed by atoms with Gasteiger partial charge in [0.15, 0.2) is 5.82 Å². The Hall–Kier alpha value is -3.72. The number of ether oxygens (including phenoxy) is 2. The van der Waals surface area contributed by atoms with Gasteiger partial charge in [-0.25, -0.2) is 9.37 Å². The molecule has 1 atom stereocenters. The van der Waals surface area contributed by atoms with E-state index in [1.807, 2.05) is 0 Å². The fourth-order valence-corrected chi connectivity index (χ4v) is 5.27. The van der Waals surface area contributed by atoms with Crippen LogP contribution in [0.2, 0.25) is 10.0 Å². The van der Waals surface area contributed by atoms with Crippen LogP contribution in [-0.4, -0.2) is 53.3 Å². The summed E-state index contributed by atoms with van der Waals surface area (Å²) in [6.45, 7) is 0.131. The van der Waals surface area contributed by atoms with Gasteiger partial charge in [0.25, 0.3) is 5.91 Å². The van der Waals surface area contributed by atoms with Crippen LogP contribution >= 0.6 is 39.1 Å². The van der Waals surface area contributed by atoms with Gasteiger partial charge in [-0.05, 0) is 59.3 Å². The molecule has 0 aliphatic rings. The number of nitrogens with one attached hydrogen (secondary N) is 1. The lowest BCUT2D eigenvalue weighted by molar-refractivity contribution is -0.265. The summed E-state index contributed by atoms with van der Waals surface area (Å²) in [4.78, 5) is 33.3. The molecular formula is C29H23BrCl2F4N4O5. The molecule has 4 N–H and O–H groups in total. The zero-order valence-electron chi connectivity index (χ0n) is 23.4. The molecule has 2 amide bonds. The van der Waals surface area contributed by atoms with Gasteiger partial charge in [-0.1, -0.05) is 23.2 Å². The number of carbonyl (C=O) groups excluding carboxylic acids is 2. The predicted octanol–water partition coefficient (Wildman–Crippen LogP) is 6.12. The second-order valence-corrected chi connectivity index (χ2v) is 11.3. The lowest BCUT2D eigenvalue weighted by atomic mass is 9.93. The standard InChI is InChI=1S/C29H23BrCl2F4N4O5/c1-3-45-26-15(10-22(37)41)9-21(40-25(26)14-6-18(31)23(33)19(32)7-14)28(43,29(34,35)36)12-39-27(42)16-4-13-5-17(30)11-38-24(13)20(8-16)44-2/h4-9,11,43H,3,10,12H2,1-2H3,(H2,37,41)(H,39,42)/t28-/m0/s1. The summed E-state index contributed by atoms with van der Waals surface area (Å²) in [6.07, 6.45) is -4.54. The highest BCUT2D eigenvalue weighted by atomic mass is 79.9. The van der Waals surface area contributed by atoms with Crippen molar-refractivity contribution in [3.8, 4) is 22.8 Å². The van der Waals surface area contributed by atoms with E-state index in [1.54, 1.807) is 13.0 Å². The van der Waals surface area contributed by atoms with Crippen molar-refractivity contribution in [1.82, 2.24) is 15.3 Å². The molecule has 16 heteroatoms. The first-order chi connectivity index (χ1) is 21.1. The summed E-state index contributed by atoms with van der Waals surface area (Å²) in [5.41, 5.74) is 0.234. The van der Waals surface area contributed by atoms with E-state index in [0.29, 0.717) is 15.4 Å². The second kappa shape index (κ2) is 13.3. The average Bonchev–Trinajstić information content (AvgIpc) is 2.97. The molecule has 0 spiro atoms. The molecule has 0 bridgehead atoms. The lowest BCUT2D eigenvalue weighted by Gasteiger charge is -2.31. The van der Waals surface area contributed by atoms with Crippen LogP contribution < -0.4 is 20.5 Å². The van der Waals surface area contributed by atoms with E-state index >= 15 is 0 Å². The molecule has 9 nitrogen and oxygen atoms in total. The monoisotopic (exact) mass is 732 g/mol. The van der Waals surface area contributed by atoms with Crippen LogP contribution in [0.1, 0.15) is 28.5 Å². The first-order valence-electron chi connectivity index (χ1n) is 12.9. The number of hydrogen-bond acceptors (Lipinski definition) is 7. The Morgan fingerprint density at radius 2 is 1.78 bits per heavy atom. The number of halogens is 7. The van der Waals surface area contributed by atoms with Crippen LogP contribution in [0.15, 0.2) is 47.1 Å². The molecule has 0 aliphatic carbocycles. The Balaban J connectivity index is 1.85. The number of rotatable bonds is 10. The van der Waals surface area contributed by atoms with Crippen LogP contribution in [0.25, 0.3) is 22.2 Å². The number of primary amides is 1. The Morgan fingerprint density at radius 1 is 1.11 bits per heavy atom. The fraction of sp³-hybridized carbons (Fsp3) is 0.241. The van der Waals surface area contributed by atoms with Gasteiger partial charge in [-0.2, -0.15) is 13.2 Å². The molecule has 2 aromatic heterocycles. The number of aliphatic hydroxyl groups is 1. The number of carbonyl (C=O) groups is 2. The Labute approximate surface area is 271 Å². The zero-order valence-corrected chi connectivity index (χ0v) is 26.5. The fourth-order valence-electron chi connectivity index (χ4n) is 4.43. The molecule has 2 aromatic carbocycles. The maximum atomic E-state index is 14.7.